The van der Waals surface area contributed by atoms with E-state index >= 15 is 0 Å². The normalized spacial score (nSPS) is 10.7. The molecule has 0 aromatic carbocycles. The number of esters is 1. The number of hydrogen-bond donors (Lipinski definition) is 1. The molecule has 1 heterocycles. The number of carbonyl (C=O) groups is 1. The SMILES string of the molecule is CCOC(=O)c1c(C)noc1/C=N/N. The minimum atomic E-state index is -0.485. The lowest BCUT2D eigenvalue weighted by Gasteiger charge is -1.98. The fourth-order valence-electron chi connectivity index (χ4n) is 0.995. The highest BCUT2D eigenvalue weighted by atomic mass is 16.5. The number of aryl methyl sites for hydroxylation is 1. The Morgan fingerprint density at radius 3 is 3.07 bits per heavy atom. The Morgan fingerprint density at radius 1 is 1.79 bits per heavy atom. The molecule has 0 spiro atoms. The first-order valence-electron chi connectivity index (χ1n) is 4.07. The molecule has 0 atom stereocenters. The minimum Gasteiger partial charge on any atom is -0.462 e. The second-order valence-corrected chi connectivity index (χ2v) is 2.51. The molecule has 0 aliphatic carbocycles. The summed E-state index contributed by atoms with van der Waals surface area (Å²) in [5.74, 6) is 4.67. The van der Waals surface area contributed by atoms with Crippen LogP contribution in [0.4, 0.5) is 0 Å². The molecule has 1 aromatic rings. The van der Waals surface area contributed by atoms with Crippen LogP contribution in [0.3, 0.4) is 0 Å². The maximum absolute atomic E-state index is 11.4. The molecule has 0 saturated heterocycles. The summed E-state index contributed by atoms with van der Waals surface area (Å²) >= 11 is 0. The number of ether oxygens (including phenoxy) is 1. The maximum Gasteiger partial charge on any atom is 0.344 e. The Kier molecular flexibility index (Phi) is 3.22. The van der Waals surface area contributed by atoms with E-state index in [2.05, 4.69) is 10.3 Å². The van der Waals surface area contributed by atoms with Gasteiger partial charge >= 0.3 is 5.97 Å². The lowest BCUT2D eigenvalue weighted by Crippen LogP contribution is -2.07. The van der Waals surface area contributed by atoms with Gasteiger partial charge in [0.05, 0.1) is 18.5 Å². The van der Waals surface area contributed by atoms with E-state index in [1.54, 1.807) is 13.8 Å². The van der Waals surface area contributed by atoms with Crippen LogP contribution in [0.5, 0.6) is 0 Å². The van der Waals surface area contributed by atoms with E-state index in [-0.39, 0.29) is 11.3 Å². The molecule has 0 radical (unpaired) electrons. The Labute approximate surface area is 80.7 Å². The molecule has 0 unspecified atom stereocenters. The average Bonchev–Trinajstić information content (AvgIpc) is 2.48. The lowest BCUT2D eigenvalue weighted by molar-refractivity contribution is 0.0524. The third-order valence-corrected chi connectivity index (χ3v) is 1.56. The van der Waals surface area contributed by atoms with Crippen LogP contribution in [-0.4, -0.2) is 23.9 Å². The zero-order chi connectivity index (χ0) is 10.6. The average molecular weight is 197 g/mol. The summed E-state index contributed by atoms with van der Waals surface area (Å²) < 4.78 is 9.64. The highest BCUT2D eigenvalue weighted by molar-refractivity contribution is 5.98. The van der Waals surface area contributed by atoms with Gasteiger partial charge in [-0.15, -0.1) is 0 Å². The molecule has 1 aromatic heterocycles. The van der Waals surface area contributed by atoms with Crippen molar-refractivity contribution in [2.45, 2.75) is 13.8 Å². The van der Waals surface area contributed by atoms with Crippen LogP contribution >= 0.6 is 0 Å². The summed E-state index contributed by atoms with van der Waals surface area (Å²) in [6.45, 7) is 3.66. The van der Waals surface area contributed by atoms with Gasteiger partial charge in [-0.3, -0.25) is 0 Å². The van der Waals surface area contributed by atoms with Crippen molar-refractivity contribution in [2.24, 2.45) is 10.9 Å². The number of hydrogen-bond acceptors (Lipinski definition) is 6. The monoisotopic (exact) mass is 197 g/mol. The van der Waals surface area contributed by atoms with Crippen LogP contribution in [-0.2, 0) is 4.74 Å². The fraction of sp³-hybridized carbons (Fsp3) is 0.375. The molecule has 0 fully saturated rings. The van der Waals surface area contributed by atoms with Crippen molar-refractivity contribution in [3.8, 4) is 0 Å². The number of aromatic nitrogens is 1. The molecule has 76 valence electrons. The first kappa shape index (κ1) is 10.2. The molecule has 14 heavy (non-hydrogen) atoms. The molecule has 0 bridgehead atoms. The van der Waals surface area contributed by atoms with Crippen molar-refractivity contribution in [3.63, 3.8) is 0 Å². The lowest BCUT2D eigenvalue weighted by atomic mass is 10.2. The number of hydrazone groups is 1. The third-order valence-electron chi connectivity index (χ3n) is 1.56. The molecule has 6 heteroatoms. The van der Waals surface area contributed by atoms with E-state index in [1.165, 1.54) is 6.21 Å². The van der Waals surface area contributed by atoms with Crippen molar-refractivity contribution in [3.05, 3.63) is 17.0 Å². The largest absolute Gasteiger partial charge is 0.462 e. The first-order valence-corrected chi connectivity index (χ1v) is 4.07. The van der Waals surface area contributed by atoms with Gasteiger partial charge in [0.15, 0.2) is 5.76 Å². The van der Waals surface area contributed by atoms with E-state index in [9.17, 15) is 4.79 Å². The summed E-state index contributed by atoms with van der Waals surface area (Å²) in [5, 5.41) is 6.87. The molecule has 6 nitrogen and oxygen atoms in total. The van der Waals surface area contributed by atoms with Gasteiger partial charge in [0.2, 0.25) is 0 Å². The second-order valence-electron chi connectivity index (χ2n) is 2.51. The molecular formula is C8H11N3O3. The Morgan fingerprint density at radius 2 is 2.50 bits per heavy atom. The third kappa shape index (κ3) is 1.90. The molecule has 1 rings (SSSR count). The highest BCUT2D eigenvalue weighted by Crippen LogP contribution is 2.12. The predicted molar refractivity (Wildman–Crippen MR) is 49.0 cm³/mol. The van der Waals surface area contributed by atoms with Gasteiger partial charge < -0.3 is 15.1 Å². The Bertz CT molecular complexity index is 357. The summed E-state index contributed by atoms with van der Waals surface area (Å²) in [6, 6.07) is 0. The summed E-state index contributed by atoms with van der Waals surface area (Å²) in [5.41, 5.74) is 0.722. The van der Waals surface area contributed by atoms with Gasteiger partial charge in [-0.25, -0.2) is 4.79 Å². The van der Waals surface area contributed by atoms with Crippen LogP contribution in [0.1, 0.15) is 28.7 Å². The molecule has 2 N–H and O–H groups in total. The van der Waals surface area contributed by atoms with E-state index in [0.717, 1.165) is 0 Å². The van der Waals surface area contributed by atoms with E-state index in [0.29, 0.717) is 12.3 Å². The standard InChI is InChI=1S/C8H11N3O3/c1-3-13-8(12)7-5(2)11-14-6(7)4-10-9/h4H,3,9H2,1-2H3/b10-4+. The van der Waals surface area contributed by atoms with E-state index in [4.69, 9.17) is 15.1 Å². The predicted octanol–water partition coefficient (Wildman–Crippen LogP) is 0.452. The van der Waals surface area contributed by atoms with Crippen LogP contribution in [0.2, 0.25) is 0 Å². The Hall–Kier alpha value is -1.85. The van der Waals surface area contributed by atoms with E-state index in [1.807, 2.05) is 0 Å². The summed E-state index contributed by atoms with van der Waals surface area (Å²) in [6.07, 6.45) is 1.21. The number of nitrogens with zero attached hydrogens (tertiary/aromatic N) is 2. The quantitative estimate of drug-likeness (QED) is 0.329. The van der Waals surface area contributed by atoms with E-state index < -0.39 is 5.97 Å². The topological polar surface area (TPSA) is 90.7 Å². The minimum absolute atomic E-state index is 0.212. The molecule has 0 aliphatic heterocycles. The second kappa shape index (κ2) is 4.40. The van der Waals surface area contributed by atoms with Crippen molar-refractivity contribution in [1.82, 2.24) is 5.16 Å². The zero-order valence-electron chi connectivity index (χ0n) is 7.98. The van der Waals surface area contributed by atoms with Crippen LogP contribution < -0.4 is 5.84 Å². The maximum atomic E-state index is 11.4. The van der Waals surface area contributed by atoms with Gasteiger partial charge in [-0.2, -0.15) is 5.10 Å². The van der Waals surface area contributed by atoms with Crippen LogP contribution in [0.15, 0.2) is 9.62 Å². The van der Waals surface area contributed by atoms with Crippen molar-refractivity contribution in [2.75, 3.05) is 6.61 Å². The van der Waals surface area contributed by atoms with Gasteiger partial charge in [0.25, 0.3) is 0 Å². The molecule has 0 amide bonds. The van der Waals surface area contributed by atoms with Crippen molar-refractivity contribution < 1.29 is 14.1 Å². The molecular weight excluding hydrogens is 186 g/mol. The van der Waals surface area contributed by atoms with Crippen LogP contribution in [0.25, 0.3) is 0 Å². The van der Waals surface area contributed by atoms with Crippen LogP contribution in [0, 0.1) is 6.92 Å². The van der Waals surface area contributed by atoms with Crippen molar-refractivity contribution >= 4 is 12.2 Å². The Balaban J connectivity index is 3.04. The van der Waals surface area contributed by atoms with Gasteiger partial charge in [0.1, 0.15) is 5.56 Å². The van der Waals surface area contributed by atoms with Gasteiger partial charge in [0, 0.05) is 0 Å². The molecule has 0 saturated carbocycles. The first-order chi connectivity index (χ1) is 6.70. The molecule has 0 aliphatic rings. The highest BCUT2D eigenvalue weighted by Gasteiger charge is 2.20. The smallest absolute Gasteiger partial charge is 0.344 e. The van der Waals surface area contributed by atoms with Gasteiger partial charge in [-0.1, -0.05) is 5.16 Å². The number of rotatable bonds is 3. The fourth-order valence-corrected chi connectivity index (χ4v) is 0.995. The number of nitrogens with two attached hydrogens (primary N) is 1. The number of carbonyl (C=O) groups excluding carboxylic acids is 1. The van der Waals surface area contributed by atoms with Gasteiger partial charge in [-0.05, 0) is 13.8 Å². The summed E-state index contributed by atoms with van der Waals surface area (Å²) in [4.78, 5) is 11.4. The zero-order valence-corrected chi connectivity index (χ0v) is 7.98. The summed E-state index contributed by atoms with van der Waals surface area (Å²) in [7, 11) is 0. The van der Waals surface area contributed by atoms with Crippen molar-refractivity contribution in [1.29, 1.82) is 0 Å².